The molecule has 0 spiro atoms. The van der Waals surface area contributed by atoms with Crippen LogP contribution in [0.2, 0.25) is 5.02 Å². The van der Waals surface area contributed by atoms with Crippen LogP contribution in [-0.4, -0.2) is 7.11 Å². The summed E-state index contributed by atoms with van der Waals surface area (Å²) in [5.41, 5.74) is 1.17. The summed E-state index contributed by atoms with van der Waals surface area (Å²) in [6.07, 6.45) is 0. The van der Waals surface area contributed by atoms with Crippen LogP contribution in [-0.2, 0) is 0 Å². The van der Waals surface area contributed by atoms with Crippen LogP contribution < -0.4 is 4.74 Å². The Labute approximate surface area is 112 Å². The first kappa shape index (κ1) is 12.0. The van der Waals surface area contributed by atoms with Crippen molar-refractivity contribution in [3.63, 3.8) is 0 Å². The van der Waals surface area contributed by atoms with Crippen molar-refractivity contribution >= 4 is 38.9 Å². The Morgan fingerprint density at radius 3 is 2.56 bits per heavy atom. The van der Waals surface area contributed by atoms with Crippen LogP contribution >= 0.6 is 38.9 Å². The van der Waals surface area contributed by atoms with Gasteiger partial charge in [0.05, 0.1) is 16.8 Å². The van der Waals surface area contributed by atoms with Crippen molar-refractivity contribution < 1.29 is 4.74 Å². The summed E-state index contributed by atoms with van der Waals surface area (Å²) in [6.45, 7) is 0. The van der Waals surface area contributed by atoms with Crippen molar-refractivity contribution in [1.29, 1.82) is 0 Å². The van der Waals surface area contributed by atoms with Gasteiger partial charge in [-0.05, 0) is 29.1 Å². The second-order valence-corrected chi connectivity index (χ2v) is 5.57. The quantitative estimate of drug-likeness (QED) is 0.732. The maximum absolute atomic E-state index is 5.86. The number of hydrogen-bond acceptors (Lipinski definition) is 2. The lowest BCUT2D eigenvalue weighted by atomic mass is 10.1. The van der Waals surface area contributed by atoms with Crippen LogP contribution in [0, 0.1) is 0 Å². The summed E-state index contributed by atoms with van der Waals surface area (Å²) in [5.74, 6) is 0.918. The van der Waals surface area contributed by atoms with E-state index in [2.05, 4.69) is 15.9 Å². The van der Waals surface area contributed by atoms with E-state index in [4.69, 9.17) is 16.3 Å². The molecule has 1 aromatic heterocycles. The van der Waals surface area contributed by atoms with Crippen molar-refractivity contribution in [2.45, 2.75) is 4.83 Å². The number of ether oxygens (including phenoxy) is 1. The van der Waals surface area contributed by atoms with E-state index in [0.717, 1.165) is 10.8 Å². The smallest absolute Gasteiger partial charge is 0.134 e. The maximum atomic E-state index is 5.86. The fourth-order valence-electron chi connectivity index (χ4n) is 1.45. The minimum Gasteiger partial charge on any atom is -0.496 e. The Hall–Kier alpha value is -0.510. The Bertz CT molecular complexity index is 466. The highest BCUT2D eigenvalue weighted by atomic mass is 79.9. The largest absolute Gasteiger partial charge is 0.496 e. The molecule has 2 rings (SSSR count). The Morgan fingerprint density at radius 2 is 1.94 bits per heavy atom. The minimum atomic E-state index is 0.153. The summed E-state index contributed by atoms with van der Waals surface area (Å²) >= 11 is 11.2. The molecule has 1 heterocycles. The van der Waals surface area contributed by atoms with Gasteiger partial charge < -0.3 is 4.74 Å². The standard InChI is InChI=1S/C12H10BrClOS/c1-15-10-6-7-16-12(10)11(13)8-2-4-9(14)5-3-8/h2-7,11H,1H3. The Balaban J connectivity index is 2.31. The first-order chi connectivity index (χ1) is 7.72. The van der Waals surface area contributed by atoms with Crippen molar-refractivity contribution in [2.75, 3.05) is 7.11 Å². The average molecular weight is 318 g/mol. The predicted molar refractivity (Wildman–Crippen MR) is 73.1 cm³/mol. The van der Waals surface area contributed by atoms with Gasteiger partial charge in [0, 0.05) is 5.02 Å². The predicted octanol–water partition coefficient (Wildman–Crippen LogP) is 4.89. The van der Waals surface area contributed by atoms with Gasteiger partial charge >= 0.3 is 0 Å². The topological polar surface area (TPSA) is 9.23 Å². The number of methoxy groups -OCH3 is 1. The van der Waals surface area contributed by atoms with Crippen molar-refractivity contribution in [1.82, 2.24) is 0 Å². The number of hydrogen-bond donors (Lipinski definition) is 0. The molecule has 1 atom stereocenters. The molecule has 0 N–H and O–H groups in total. The van der Waals surface area contributed by atoms with E-state index in [0.29, 0.717) is 0 Å². The van der Waals surface area contributed by atoms with E-state index in [9.17, 15) is 0 Å². The summed E-state index contributed by atoms with van der Waals surface area (Å²) in [4.78, 5) is 1.32. The number of benzene rings is 1. The summed E-state index contributed by atoms with van der Waals surface area (Å²) in [7, 11) is 1.69. The van der Waals surface area contributed by atoms with E-state index >= 15 is 0 Å². The van der Waals surface area contributed by atoms with Crippen molar-refractivity contribution in [3.05, 3.63) is 51.2 Å². The molecule has 0 saturated heterocycles. The zero-order chi connectivity index (χ0) is 11.5. The highest BCUT2D eigenvalue weighted by Crippen LogP contribution is 2.40. The van der Waals surface area contributed by atoms with E-state index in [1.807, 2.05) is 35.7 Å². The molecule has 0 bridgehead atoms. The van der Waals surface area contributed by atoms with Crippen LogP contribution in [0.15, 0.2) is 35.7 Å². The molecular weight excluding hydrogens is 308 g/mol. The Kier molecular flexibility index (Phi) is 3.90. The van der Waals surface area contributed by atoms with Crippen LogP contribution in [0.3, 0.4) is 0 Å². The maximum Gasteiger partial charge on any atom is 0.134 e. The average Bonchev–Trinajstić information content (AvgIpc) is 2.77. The second-order valence-electron chi connectivity index (χ2n) is 3.27. The van der Waals surface area contributed by atoms with Gasteiger partial charge in [0.1, 0.15) is 5.75 Å². The molecule has 84 valence electrons. The summed E-state index contributed by atoms with van der Waals surface area (Å²) in [5, 5.41) is 2.78. The van der Waals surface area contributed by atoms with Crippen molar-refractivity contribution in [3.8, 4) is 5.75 Å². The molecule has 1 nitrogen and oxygen atoms in total. The highest BCUT2D eigenvalue weighted by molar-refractivity contribution is 9.09. The number of halogens is 2. The van der Waals surface area contributed by atoms with Gasteiger partial charge in [-0.2, -0.15) is 0 Å². The van der Waals surface area contributed by atoms with Crippen LogP contribution in [0.4, 0.5) is 0 Å². The fourth-order valence-corrected chi connectivity index (χ4v) is 3.29. The first-order valence-corrected chi connectivity index (χ1v) is 6.90. The van der Waals surface area contributed by atoms with Crippen LogP contribution in [0.1, 0.15) is 15.3 Å². The molecule has 4 heteroatoms. The van der Waals surface area contributed by atoms with E-state index in [-0.39, 0.29) is 4.83 Å². The third kappa shape index (κ3) is 2.42. The van der Waals surface area contributed by atoms with E-state index in [1.54, 1.807) is 18.4 Å². The molecule has 2 aromatic rings. The van der Waals surface area contributed by atoms with Gasteiger partial charge in [0.25, 0.3) is 0 Å². The molecule has 0 fully saturated rings. The molecule has 1 unspecified atom stereocenters. The lowest BCUT2D eigenvalue weighted by Crippen LogP contribution is -1.92. The van der Waals surface area contributed by atoms with Gasteiger partial charge in [-0.3, -0.25) is 0 Å². The van der Waals surface area contributed by atoms with Gasteiger partial charge in [0.2, 0.25) is 0 Å². The molecule has 16 heavy (non-hydrogen) atoms. The molecule has 1 aromatic carbocycles. The number of rotatable bonds is 3. The molecule has 0 aliphatic rings. The third-order valence-electron chi connectivity index (χ3n) is 2.27. The first-order valence-electron chi connectivity index (χ1n) is 4.73. The molecule has 0 aliphatic carbocycles. The highest BCUT2D eigenvalue weighted by Gasteiger charge is 2.16. The monoisotopic (exact) mass is 316 g/mol. The molecule has 0 saturated carbocycles. The lowest BCUT2D eigenvalue weighted by Gasteiger charge is -2.10. The molecule has 0 amide bonds. The zero-order valence-electron chi connectivity index (χ0n) is 8.61. The van der Waals surface area contributed by atoms with Gasteiger partial charge in [-0.1, -0.05) is 39.7 Å². The summed E-state index contributed by atoms with van der Waals surface area (Å²) in [6, 6.07) is 9.79. The number of alkyl halides is 1. The lowest BCUT2D eigenvalue weighted by molar-refractivity contribution is 0.413. The summed E-state index contributed by atoms with van der Waals surface area (Å²) < 4.78 is 5.31. The minimum absolute atomic E-state index is 0.153. The number of thiophene rings is 1. The molecule has 0 aliphatic heterocycles. The Morgan fingerprint density at radius 1 is 1.25 bits per heavy atom. The van der Waals surface area contributed by atoms with E-state index in [1.165, 1.54) is 10.4 Å². The van der Waals surface area contributed by atoms with Crippen LogP contribution in [0.25, 0.3) is 0 Å². The van der Waals surface area contributed by atoms with Crippen LogP contribution in [0.5, 0.6) is 5.75 Å². The SMILES string of the molecule is COc1ccsc1C(Br)c1ccc(Cl)cc1. The molecule has 0 radical (unpaired) electrons. The molecular formula is C12H10BrClOS. The second kappa shape index (κ2) is 5.21. The van der Waals surface area contributed by atoms with E-state index < -0.39 is 0 Å². The fraction of sp³-hybridized carbons (Fsp3) is 0.167. The zero-order valence-corrected chi connectivity index (χ0v) is 11.8. The third-order valence-corrected chi connectivity index (χ3v) is 4.77. The van der Waals surface area contributed by atoms with Gasteiger partial charge in [0.15, 0.2) is 0 Å². The van der Waals surface area contributed by atoms with Gasteiger partial charge in [-0.15, -0.1) is 11.3 Å². The van der Waals surface area contributed by atoms with Crippen molar-refractivity contribution in [2.24, 2.45) is 0 Å². The normalized spacial score (nSPS) is 12.4. The van der Waals surface area contributed by atoms with Gasteiger partial charge in [-0.25, -0.2) is 0 Å².